The van der Waals surface area contributed by atoms with E-state index in [0.717, 1.165) is 50.7 Å². The highest BCUT2D eigenvalue weighted by molar-refractivity contribution is 5.93. The molecular formula is C28H35N7O. The van der Waals surface area contributed by atoms with Crippen LogP contribution in [-0.4, -0.2) is 77.8 Å². The van der Waals surface area contributed by atoms with E-state index < -0.39 is 0 Å². The predicted octanol–water partition coefficient (Wildman–Crippen LogP) is 3.00. The van der Waals surface area contributed by atoms with Crippen molar-refractivity contribution in [3.63, 3.8) is 0 Å². The van der Waals surface area contributed by atoms with E-state index in [9.17, 15) is 0 Å². The van der Waals surface area contributed by atoms with E-state index in [0.29, 0.717) is 30.7 Å². The SMILES string of the molecule is CN1CCC[C@H]1COc1nc2c(c(N3C[C@H]4CC[C@@H](C3)N4)n1)CCN(c1cncc3ccccc13)C2. The Labute approximate surface area is 212 Å². The lowest BCUT2D eigenvalue weighted by Gasteiger charge is -2.37. The van der Waals surface area contributed by atoms with Gasteiger partial charge in [0.05, 0.1) is 24.1 Å². The maximum absolute atomic E-state index is 6.30. The Morgan fingerprint density at radius 2 is 1.86 bits per heavy atom. The number of anilines is 2. The first-order valence-electron chi connectivity index (χ1n) is 13.5. The van der Waals surface area contributed by atoms with Crippen LogP contribution in [-0.2, 0) is 13.0 Å². The Bertz CT molecular complexity index is 1250. The molecule has 188 valence electrons. The summed E-state index contributed by atoms with van der Waals surface area (Å²) < 4.78 is 6.30. The van der Waals surface area contributed by atoms with Crippen molar-refractivity contribution >= 4 is 22.3 Å². The number of hydrogen-bond acceptors (Lipinski definition) is 8. The van der Waals surface area contributed by atoms with E-state index in [1.807, 2.05) is 12.4 Å². The lowest BCUT2D eigenvalue weighted by Crippen LogP contribution is -2.52. The molecule has 7 rings (SSSR count). The first-order valence-corrected chi connectivity index (χ1v) is 13.5. The van der Waals surface area contributed by atoms with Gasteiger partial charge in [-0.15, -0.1) is 0 Å². The lowest BCUT2D eigenvalue weighted by atomic mass is 10.0. The number of fused-ring (bicyclic) bond motifs is 4. The molecule has 4 aliphatic heterocycles. The summed E-state index contributed by atoms with van der Waals surface area (Å²) in [6.07, 6.45) is 9.80. The van der Waals surface area contributed by atoms with Gasteiger partial charge < -0.3 is 24.8 Å². The van der Waals surface area contributed by atoms with Crippen molar-refractivity contribution in [2.45, 2.75) is 56.8 Å². The number of nitrogens with zero attached hydrogens (tertiary/aromatic N) is 6. The Balaban J connectivity index is 1.22. The molecule has 3 saturated heterocycles. The molecule has 0 radical (unpaired) electrons. The van der Waals surface area contributed by atoms with Crippen molar-refractivity contribution in [3.05, 3.63) is 47.9 Å². The van der Waals surface area contributed by atoms with E-state index in [4.69, 9.17) is 14.7 Å². The van der Waals surface area contributed by atoms with Crippen LogP contribution in [0.2, 0.25) is 0 Å². The third kappa shape index (κ3) is 4.06. The number of benzene rings is 1. The fourth-order valence-electron chi connectivity index (χ4n) is 6.60. The molecule has 2 bridgehead atoms. The van der Waals surface area contributed by atoms with Gasteiger partial charge in [-0.3, -0.25) is 4.98 Å². The number of likely N-dealkylation sites (tertiary alicyclic amines) is 1. The minimum atomic E-state index is 0.446. The van der Waals surface area contributed by atoms with Crippen LogP contribution in [0.25, 0.3) is 10.8 Å². The van der Waals surface area contributed by atoms with Crippen LogP contribution in [0.1, 0.15) is 36.9 Å². The maximum Gasteiger partial charge on any atom is 0.318 e. The average Bonchev–Trinajstić information content (AvgIpc) is 3.49. The second-order valence-electron chi connectivity index (χ2n) is 10.9. The smallest absolute Gasteiger partial charge is 0.318 e. The monoisotopic (exact) mass is 485 g/mol. The molecule has 6 heterocycles. The molecule has 0 amide bonds. The standard InChI is InChI=1S/C28H35N7O/c1-33-11-4-6-22(33)18-36-28-31-25-17-34(26-14-29-13-19-5-2-3-7-23(19)26)12-10-24(25)27(32-28)35-15-20-8-9-21(16-35)30-20/h2-3,5,7,13-14,20-22,30H,4,6,8-12,15-18H2,1H3/t20-,21+,22-/m0/s1. The van der Waals surface area contributed by atoms with E-state index >= 15 is 0 Å². The minimum Gasteiger partial charge on any atom is -0.462 e. The lowest BCUT2D eigenvalue weighted by molar-refractivity contribution is 0.187. The largest absolute Gasteiger partial charge is 0.462 e. The first kappa shape index (κ1) is 22.2. The zero-order valence-corrected chi connectivity index (χ0v) is 21.1. The first-order chi connectivity index (χ1) is 17.7. The van der Waals surface area contributed by atoms with Crippen molar-refractivity contribution in [2.24, 2.45) is 0 Å². The highest BCUT2D eigenvalue weighted by atomic mass is 16.5. The van der Waals surface area contributed by atoms with Gasteiger partial charge in [-0.2, -0.15) is 9.97 Å². The zero-order valence-electron chi connectivity index (χ0n) is 21.1. The molecule has 0 aliphatic carbocycles. The van der Waals surface area contributed by atoms with Gasteiger partial charge in [0.2, 0.25) is 0 Å². The maximum atomic E-state index is 6.30. The average molecular weight is 486 g/mol. The number of ether oxygens (including phenoxy) is 1. The molecule has 3 fully saturated rings. The van der Waals surface area contributed by atoms with Gasteiger partial charge in [0, 0.05) is 60.3 Å². The molecule has 8 nitrogen and oxygen atoms in total. The number of aromatic nitrogens is 3. The number of hydrogen-bond donors (Lipinski definition) is 1. The Morgan fingerprint density at radius 3 is 2.69 bits per heavy atom. The van der Waals surface area contributed by atoms with Gasteiger partial charge >= 0.3 is 6.01 Å². The Hall–Kier alpha value is -2.97. The fraction of sp³-hybridized carbons (Fsp3) is 0.536. The number of piperazine rings is 1. The summed E-state index contributed by atoms with van der Waals surface area (Å²) >= 11 is 0. The molecule has 3 atom stereocenters. The van der Waals surface area contributed by atoms with Crippen LogP contribution < -0.4 is 19.9 Å². The third-order valence-corrected chi connectivity index (χ3v) is 8.60. The minimum absolute atomic E-state index is 0.446. The molecule has 1 N–H and O–H groups in total. The highest BCUT2D eigenvalue weighted by Crippen LogP contribution is 2.35. The van der Waals surface area contributed by atoms with Gasteiger partial charge in [0.15, 0.2) is 0 Å². The van der Waals surface area contributed by atoms with Crippen LogP contribution in [0.4, 0.5) is 11.5 Å². The second kappa shape index (κ2) is 9.16. The summed E-state index contributed by atoms with van der Waals surface area (Å²) in [5.41, 5.74) is 3.57. The van der Waals surface area contributed by atoms with E-state index in [1.54, 1.807) is 0 Å². The topological polar surface area (TPSA) is 69.7 Å². The summed E-state index contributed by atoms with van der Waals surface area (Å²) in [6, 6.07) is 10.6. The van der Waals surface area contributed by atoms with E-state index in [1.165, 1.54) is 47.7 Å². The van der Waals surface area contributed by atoms with Gasteiger partial charge in [-0.25, -0.2) is 0 Å². The van der Waals surface area contributed by atoms with Crippen molar-refractivity contribution < 1.29 is 4.74 Å². The molecule has 0 unspecified atom stereocenters. The van der Waals surface area contributed by atoms with E-state index in [2.05, 4.69) is 56.3 Å². The summed E-state index contributed by atoms with van der Waals surface area (Å²) in [7, 11) is 2.19. The summed E-state index contributed by atoms with van der Waals surface area (Å²) in [6.45, 7) is 5.51. The predicted molar refractivity (Wildman–Crippen MR) is 142 cm³/mol. The third-order valence-electron chi connectivity index (χ3n) is 8.60. The molecule has 3 aromatic rings. The van der Waals surface area contributed by atoms with Gasteiger partial charge in [-0.05, 0) is 45.7 Å². The quantitative estimate of drug-likeness (QED) is 0.592. The van der Waals surface area contributed by atoms with Gasteiger partial charge in [-0.1, -0.05) is 24.3 Å². The normalized spacial score (nSPS) is 26.0. The summed E-state index contributed by atoms with van der Waals surface area (Å²) in [5, 5.41) is 6.17. The number of nitrogens with one attached hydrogen (secondary N) is 1. The Morgan fingerprint density at radius 1 is 1.00 bits per heavy atom. The molecule has 0 saturated carbocycles. The van der Waals surface area contributed by atoms with Crippen LogP contribution in [0.3, 0.4) is 0 Å². The van der Waals surface area contributed by atoms with Crippen molar-refractivity contribution in [1.29, 1.82) is 0 Å². The molecule has 36 heavy (non-hydrogen) atoms. The molecule has 8 heteroatoms. The second-order valence-corrected chi connectivity index (χ2v) is 10.9. The van der Waals surface area contributed by atoms with Crippen LogP contribution in [0, 0.1) is 0 Å². The molecular weight excluding hydrogens is 450 g/mol. The summed E-state index contributed by atoms with van der Waals surface area (Å²) in [4.78, 5) is 21.9. The van der Waals surface area contributed by atoms with Crippen LogP contribution >= 0.6 is 0 Å². The number of likely N-dealkylation sites (N-methyl/N-ethyl adjacent to an activating group) is 1. The number of rotatable bonds is 5. The molecule has 2 aromatic heterocycles. The van der Waals surface area contributed by atoms with Crippen molar-refractivity contribution in [2.75, 3.05) is 49.6 Å². The van der Waals surface area contributed by atoms with Gasteiger partial charge in [0.1, 0.15) is 12.4 Å². The molecule has 4 aliphatic rings. The Kier molecular flexibility index (Phi) is 5.66. The number of pyridine rings is 1. The van der Waals surface area contributed by atoms with Crippen molar-refractivity contribution in [1.82, 2.24) is 25.2 Å². The summed E-state index contributed by atoms with van der Waals surface area (Å²) in [5.74, 6) is 1.10. The van der Waals surface area contributed by atoms with E-state index in [-0.39, 0.29) is 0 Å². The molecule has 1 aromatic carbocycles. The fourth-order valence-corrected chi connectivity index (χ4v) is 6.60. The van der Waals surface area contributed by atoms with Crippen LogP contribution in [0.5, 0.6) is 6.01 Å². The van der Waals surface area contributed by atoms with Gasteiger partial charge in [0.25, 0.3) is 0 Å². The zero-order chi connectivity index (χ0) is 24.1. The highest BCUT2D eigenvalue weighted by Gasteiger charge is 2.35. The van der Waals surface area contributed by atoms with Crippen LogP contribution in [0.15, 0.2) is 36.7 Å². The van der Waals surface area contributed by atoms with Crippen molar-refractivity contribution in [3.8, 4) is 6.01 Å². The molecule has 0 spiro atoms.